The predicted molar refractivity (Wildman–Crippen MR) is 128 cm³/mol. The summed E-state index contributed by atoms with van der Waals surface area (Å²) in [5.41, 5.74) is 8.02. The first-order valence-corrected chi connectivity index (χ1v) is 11.4. The zero-order valence-electron chi connectivity index (χ0n) is 17.7. The predicted octanol–water partition coefficient (Wildman–Crippen LogP) is 4.01. The van der Waals surface area contributed by atoms with Crippen molar-refractivity contribution >= 4 is 33.0 Å². The molecule has 0 fully saturated rings. The van der Waals surface area contributed by atoms with Crippen molar-refractivity contribution in [2.75, 3.05) is 10.5 Å². The molecule has 0 aliphatic rings. The topological polar surface area (TPSA) is 184 Å². The maximum absolute atomic E-state index is 12.6. The molecule has 35 heavy (non-hydrogen) atoms. The Hall–Kier alpha value is -4.91. The molecule has 0 aliphatic heterocycles. The van der Waals surface area contributed by atoms with Crippen LogP contribution in [0.15, 0.2) is 83.8 Å². The first-order chi connectivity index (χ1) is 16.6. The van der Waals surface area contributed by atoms with Gasteiger partial charge in [-0.3, -0.25) is 25.0 Å². The Labute approximate surface area is 198 Å². The third-order valence-electron chi connectivity index (χ3n) is 4.91. The Bertz CT molecular complexity index is 1520. The van der Waals surface area contributed by atoms with Crippen molar-refractivity contribution in [1.29, 1.82) is 0 Å². The third kappa shape index (κ3) is 5.20. The van der Waals surface area contributed by atoms with Crippen LogP contribution in [0.3, 0.4) is 0 Å². The monoisotopic (exact) mass is 492 g/mol. The van der Waals surface area contributed by atoms with Gasteiger partial charge in [-0.25, -0.2) is 18.4 Å². The highest BCUT2D eigenvalue weighted by Crippen LogP contribution is 2.27. The minimum Gasteiger partial charge on any atom is -0.368 e. The molecule has 0 unspecified atom stereocenters. The molecule has 0 spiro atoms. The van der Waals surface area contributed by atoms with E-state index in [0.29, 0.717) is 22.5 Å². The minimum absolute atomic E-state index is 0.00111. The van der Waals surface area contributed by atoms with E-state index in [9.17, 15) is 28.6 Å². The Morgan fingerprint density at radius 1 is 0.714 bits per heavy atom. The Kier molecular flexibility index (Phi) is 6.08. The van der Waals surface area contributed by atoms with E-state index in [1.54, 1.807) is 30.3 Å². The van der Waals surface area contributed by atoms with Crippen LogP contribution >= 0.6 is 0 Å². The third-order valence-corrected chi connectivity index (χ3v) is 6.31. The molecule has 0 aliphatic carbocycles. The highest BCUT2D eigenvalue weighted by molar-refractivity contribution is 7.92. The summed E-state index contributed by atoms with van der Waals surface area (Å²) in [5.74, 6) is -0.00111. The van der Waals surface area contributed by atoms with Gasteiger partial charge in [0.05, 0.1) is 26.1 Å². The number of nitro groups is 2. The SMILES string of the molecule is Nc1nc(-c2ccc(NS(=O)(=O)c3ccc([N+](=O)[O-])cc3)cc2)cc(-c2ccc([N+](=O)[O-])cc2)n1. The number of nitro benzene ring substituents is 2. The summed E-state index contributed by atoms with van der Waals surface area (Å²) in [6.07, 6.45) is 0. The molecule has 13 heteroatoms. The van der Waals surface area contributed by atoms with Gasteiger partial charge in [-0.1, -0.05) is 12.1 Å². The zero-order valence-corrected chi connectivity index (χ0v) is 18.5. The summed E-state index contributed by atoms with van der Waals surface area (Å²) in [7, 11) is -3.96. The number of sulfonamides is 1. The van der Waals surface area contributed by atoms with Gasteiger partial charge in [-0.15, -0.1) is 0 Å². The van der Waals surface area contributed by atoms with Crippen molar-refractivity contribution in [3.63, 3.8) is 0 Å². The first kappa shape index (κ1) is 23.3. The molecular weight excluding hydrogens is 476 g/mol. The van der Waals surface area contributed by atoms with E-state index in [1.807, 2.05) is 0 Å². The number of anilines is 2. The largest absolute Gasteiger partial charge is 0.368 e. The second-order valence-corrected chi connectivity index (χ2v) is 8.92. The number of nitrogens with zero attached hydrogens (tertiary/aromatic N) is 4. The van der Waals surface area contributed by atoms with Crippen LogP contribution in [-0.2, 0) is 10.0 Å². The molecule has 3 N–H and O–H groups in total. The number of rotatable bonds is 7. The van der Waals surface area contributed by atoms with Gasteiger partial charge in [-0.2, -0.15) is 0 Å². The highest BCUT2D eigenvalue weighted by Gasteiger charge is 2.16. The van der Waals surface area contributed by atoms with E-state index in [0.717, 1.165) is 24.3 Å². The molecule has 4 aromatic rings. The van der Waals surface area contributed by atoms with Crippen molar-refractivity contribution in [2.24, 2.45) is 0 Å². The van der Waals surface area contributed by atoms with Crippen molar-refractivity contribution in [3.05, 3.63) is 99.1 Å². The Morgan fingerprint density at radius 2 is 1.14 bits per heavy atom. The summed E-state index contributed by atoms with van der Waals surface area (Å²) >= 11 is 0. The van der Waals surface area contributed by atoms with Crippen LogP contribution in [0.25, 0.3) is 22.5 Å². The molecule has 176 valence electrons. The molecule has 1 heterocycles. The van der Waals surface area contributed by atoms with E-state index in [2.05, 4.69) is 14.7 Å². The number of nitrogens with two attached hydrogens (primary N) is 1. The van der Waals surface area contributed by atoms with Gasteiger partial charge < -0.3 is 5.73 Å². The lowest BCUT2D eigenvalue weighted by Crippen LogP contribution is -2.12. The summed E-state index contributed by atoms with van der Waals surface area (Å²) in [4.78, 5) is 28.8. The highest BCUT2D eigenvalue weighted by atomic mass is 32.2. The van der Waals surface area contributed by atoms with Crippen LogP contribution in [0.5, 0.6) is 0 Å². The van der Waals surface area contributed by atoms with E-state index < -0.39 is 19.9 Å². The Morgan fingerprint density at radius 3 is 1.60 bits per heavy atom. The van der Waals surface area contributed by atoms with Gasteiger partial charge >= 0.3 is 0 Å². The second kappa shape index (κ2) is 9.15. The van der Waals surface area contributed by atoms with E-state index >= 15 is 0 Å². The first-order valence-electron chi connectivity index (χ1n) is 9.89. The van der Waals surface area contributed by atoms with Crippen LogP contribution < -0.4 is 10.5 Å². The number of aromatic nitrogens is 2. The number of nitrogens with one attached hydrogen (secondary N) is 1. The molecule has 0 radical (unpaired) electrons. The number of non-ortho nitro benzene ring substituents is 2. The number of benzene rings is 3. The molecule has 3 aromatic carbocycles. The van der Waals surface area contributed by atoms with Crippen molar-refractivity contribution < 1.29 is 18.3 Å². The molecule has 0 atom stereocenters. The Balaban J connectivity index is 1.56. The fourth-order valence-corrected chi connectivity index (χ4v) is 4.24. The van der Waals surface area contributed by atoms with Crippen LogP contribution in [0, 0.1) is 20.2 Å². The molecule has 0 amide bonds. The molecule has 0 saturated carbocycles. The van der Waals surface area contributed by atoms with Gasteiger partial charge in [-0.05, 0) is 42.5 Å². The van der Waals surface area contributed by atoms with Crippen LogP contribution in [0.2, 0.25) is 0 Å². The summed E-state index contributed by atoms with van der Waals surface area (Å²) < 4.78 is 27.6. The fraction of sp³-hybridized carbons (Fsp3) is 0. The van der Waals surface area contributed by atoms with Gasteiger partial charge in [0.15, 0.2) is 0 Å². The lowest BCUT2D eigenvalue weighted by molar-refractivity contribution is -0.385. The maximum Gasteiger partial charge on any atom is 0.269 e. The average Bonchev–Trinajstić information content (AvgIpc) is 2.84. The summed E-state index contributed by atoms with van der Waals surface area (Å²) in [6, 6.07) is 18.3. The van der Waals surface area contributed by atoms with E-state index in [-0.39, 0.29) is 27.9 Å². The summed E-state index contributed by atoms with van der Waals surface area (Å²) in [6.45, 7) is 0. The van der Waals surface area contributed by atoms with Crippen LogP contribution in [-0.4, -0.2) is 28.2 Å². The normalized spacial score (nSPS) is 11.1. The molecule has 0 bridgehead atoms. The van der Waals surface area contributed by atoms with Crippen LogP contribution in [0.4, 0.5) is 23.0 Å². The lowest BCUT2D eigenvalue weighted by Gasteiger charge is -2.10. The maximum atomic E-state index is 12.6. The van der Waals surface area contributed by atoms with E-state index in [1.165, 1.54) is 24.3 Å². The number of hydrogen-bond acceptors (Lipinski definition) is 9. The standard InChI is InChI=1S/C22H16N6O6S/c23-22-24-20(13-21(25-22)15-3-7-17(8-4-15)27(29)30)14-1-5-16(6-2-14)26-35(33,34)19-11-9-18(10-12-19)28(31)32/h1-13,26H,(H2,23,24,25). The molecule has 1 aromatic heterocycles. The minimum atomic E-state index is -3.96. The van der Waals surface area contributed by atoms with E-state index in [4.69, 9.17) is 5.73 Å². The van der Waals surface area contributed by atoms with Gasteiger partial charge in [0.2, 0.25) is 5.95 Å². The fourth-order valence-electron chi connectivity index (χ4n) is 3.19. The molecule has 12 nitrogen and oxygen atoms in total. The zero-order chi connectivity index (χ0) is 25.2. The van der Waals surface area contributed by atoms with Crippen LogP contribution in [0.1, 0.15) is 0 Å². The lowest BCUT2D eigenvalue weighted by atomic mass is 10.1. The van der Waals surface area contributed by atoms with Crippen molar-refractivity contribution in [1.82, 2.24) is 9.97 Å². The molecular formula is C22H16N6O6S. The number of nitrogen functional groups attached to an aromatic ring is 1. The quantitative estimate of drug-likeness (QED) is 0.284. The van der Waals surface area contributed by atoms with Gasteiger partial charge in [0.1, 0.15) is 0 Å². The molecule has 0 saturated heterocycles. The smallest absolute Gasteiger partial charge is 0.269 e. The van der Waals surface area contributed by atoms with Gasteiger partial charge in [0, 0.05) is 41.1 Å². The van der Waals surface area contributed by atoms with Crippen molar-refractivity contribution in [3.8, 4) is 22.5 Å². The van der Waals surface area contributed by atoms with Gasteiger partial charge in [0.25, 0.3) is 21.4 Å². The summed E-state index contributed by atoms with van der Waals surface area (Å²) in [5, 5.41) is 21.6. The average molecular weight is 492 g/mol. The molecule has 4 rings (SSSR count). The van der Waals surface area contributed by atoms with Crippen molar-refractivity contribution in [2.45, 2.75) is 4.90 Å². The number of hydrogen-bond donors (Lipinski definition) is 2. The second-order valence-electron chi connectivity index (χ2n) is 7.23.